The average Bonchev–Trinajstić information content (AvgIpc) is 2.41. The van der Waals surface area contributed by atoms with Gasteiger partial charge in [0.2, 0.25) is 0 Å². The summed E-state index contributed by atoms with van der Waals surface area (Å²) in [5, 5.41) is 5.33. The number of urea groups is 1. The van der Waals surface area contributed by atoms with Crippen LogP contribution in [-0.2, 0) is 16.0 Å². The first-order valence-electron chi connectivity index (χ1n) is 6.26. The Hall–Kier alpha value is -2.04. The molecule has 0 unspecified atom stereocenters. The summed E-state index contributed by atoms with van der Waals surface area (Å²) in [4.78, 5) is 22.2. The van der Waals surface area contributed by atoms with Crippen LogP contribution in [0.2, 0.25) is 0 Å². The normalized spacial score (nSPS) is 9.79. The largest absolute Gasteiger partial charge is 0.469 e. The van der Waals surface area contributed by atoms with E-state index in [9.17, 15) is 9.59 Å². The summed E-state index contributed by atoms with van der Waals surface area (Å²) in [7, 11) is 1.32. The highest BCUT2D eigenvalue weighted by atomic mass is 16.5. The lowest BCUT2D eigenvalue weighted by Crippen LogP contribution is -2.37. The van der Waals surface area contributed by atoms with E-state index >= 15 is 0 Å². The fraction of sp³-hybridized carbons (Fsp3) is 0.429. The molecule has 1 rings (SSSR count). The van der Waals surface area contributed by atoms with Crippen LogP contribution in [-0.4, -0.2) is 32.2 Å². The highest BCUT2D eigenvalue weighted by molar-refractivity contribution is 5.75. The van der Waals surface area contributed by atoms with E-state index in [4.69, 9.17) is 0 Å². The SMILES string of the molecule is COC(=O)CCNC(=O)NCCc1ccc(C)cc1. The van der Waals surface area contributed by atoms with Crippen LogP contribution in [0.4, 0.5) is 4.79 Å². The van der Waals surface area contributed by atoms with Gasteiger partial charge in [0, 0.05) is 13.1 Å². The summed E-state index contributed by atoms with van der Waals surface area (Å²) in [6, 6.07) is 7.92. The minimum atomic E-state index is -0.333. The predicted octanol–water partition coefficient (Wildman–Crippen LogP) is 1.40. The third-order valence-corrected chi connectivity index (χ3v) is 2.66. The van der Waals surface area contributed by atoms with Crippen molar-refractivity contribution in [3.8, 4) is 0 Å². The zero-order valence-corrected chi connectivity index (χ0v) is 11.4. The number of carbonyl (C=O) groups excluding carboxylic acids is 2. The Labute approximate surface area is 113 Å². The van der Waals surface area contributed by atoms with E-state index in [0.29, 0.717) is 6.54 Å². The average molecular weight is 264 g/mol. The van der Waals surface area contributed by atoms with Crippen molar-refractivity contribution in [2.24, 2.45) is 0 Å². The zero-order valence-electron chi connectivity index (χ0n) is 11.4. The van der Waals surface area contributed by atoms with Gasteiger partial charge in [0.15, 0.2) is 0 Å². The molecule has 0 radical (unpaired) electrons. The van der Waals surface area contributed by atoms with E-state index < -0.39 is 0 Å². The van der Waals surface area contributed by atoms with Gasteiger partial charge in [-0.2, -0.15) is 0 Å². The van der Waals surface area contributed by atoms with E-state index in [-0.39, 0.29) is 25.0 Å². The first-order chi connectivity index (χ1) is 9.11. The van der Waals surface area contributed by atoms with Gasteiger partial charge in [-0.25, -0.2) is 4.79 Å². The molecule has 5 nitrogen and oxygen atoms in total. The maximum atomic E-state index is 11.4. The van der Waals surface area contributed by atoms with Crippen LogP contribution in [0.25, 0.3) is 0 Å². The Kier molecular flexibility index (Phi) is 6.43. The molecule has 0 aliphatic heterocycles. The number of nitrogens with one attached hydrogen (secondary N) is 2. The molecule has 0 saturated carbocycles. The van der Waals surface area contributed by atoms with Gasteiger partial charge in [0.1, 0.15) is 0 Å². The van der Waals surface area contributed by atoms with E-state index in [1.54, 1.807) is 0 Å². The molecule has 0 fully saturated rings. The van der Waals surface area contributed by atoms with Crippen molar-refractivity contribution in [3.05, 3.63) is 35.4 Å². The number of aryl methyl sites for hydroxylation is 1. The molecule has 0 aliphatic rings. The molecule has 1 aromatic carbocycles. The molecule has 0 spiro atoms. The fourth-order valence-corrected chi connectivity index (χ4v) is 1.52. The van der Waals surface area contributed by atoms with Gasteiger partial charge >= 0.3 is 12.0 Å². The van der Waals surface area contributed by atoms with Gasteiger partial charge in [0.05, 0.1) is 13.5 Å². The van der Waals surface area contributed by atoms with Crippen LogP contribution in [0.15, 0.2) is 24.3 Å². The summed E-state index contributed by atoms with van der Waals surface area (Å²) in [6.45, 7) is 2.88. The van der Waals surface area contributed by atoms with Gasteiger partial charge in [-0.15, -0.1) is 0 Å². The summed E-state index contributed by atoms with van der Waals surface area (Å²) < 4.78 is 4.47. The minimum Gasteiger partial charge on any atom is -0.469 e. The van der Waals surface area contributed by atoms with Crippen molar-refractivity contribution in [1.29, 1.82) is 0 Å². The first kappa shape index (κ1) is 15.0. The molecule has 2 N–H and O–H groups in total. The number of esters is 1. The summed E-state index contributed by atoms with van der Waals surface area (Å²) >= 11 is 0. The van der Waals surface area contributed by atoms with Crippen LogP contribution in [0.1, 0.15) is 17.5 Å². The number of benzene rings is 1. The number of rotatable bonds is 6. The molecular formula is C14H20N2O3. The smallest absolute Gasteiger partial charge is 0.314 e. The summed E-state index contributed by atoms with van der Waals surface area (Å²) in [5.41, 5.74) is 2.40. The highest BCUT2D eigenvalue weighted by Crippen LogP contribution is 2.02. The van der Waals surface area contributed by atoms with Gasteiger partial charge < -0.3 is 15.4 Å². The van der Waals surface area contributed by atoms with Crippen molar-refractivity contribution in [2.75, 3.05) is 20.2 Å². The Balaban J connectivity index is 2.13. The van der Waals surface area contributed by atoms with Crippen LogP contribution in [0.3, 0.4) is 0 Å². The quantitative estimate of drug-likeness (QED) is 0.763. The van der Waals surface area contributed by atoms with E-state index in [0.717, 1.165) is 6.42 Å². The second-order valence-electron chi connectivity index (χ2n) is 4.24. The van der Waals surface area contributed by atoms with E-state index in [1.807, 2.05) is 31.2 Å². The van der Waals surface area contributed by atoms with Crippen LogP contribution in [0, 0.1) is 6.92 Å². The second-order valence-corrected chi connectivity index (χ2v) is 4.24. The molecule has 104 valence electrons. The van der Waals surface area contributed by atoms with Gasteiger partial charge in [-0.05, 0) is 18.9 Å². The van der Waals surface area contributed by atoms with Gasteiger partial charge in [-0.1, -0.05) is 29.8 Å². The Bertz CT molecular complexity index is 415. The Morgan fingerprint density at radius 1 is 1.11 bits per heavy atom. The number of carbonyl (C=O) groups is 2. The van der Waals surface area contributed by atoms with Crippen molar-refractivity contribution >= 4 is 12.0 Å². The lowest BCUT2D eigenvalue weighted by Gasteiger charge is -2.07. The topological polar surface area (TPSA) is 67.4 Å². The van der Waals surface area contributed by atoms with Crippen molar-refractivity contribution in [1.82, 2.24) is 10.6 Å². The lowest BCUT2D eigenvalue weighted by atomic mass is 10.1. The molecule has 0 heterocycles. The van der Waals surface area contributed by atoms with Crippen molar-refractivity contribution in [2.45, 2.75) is 19.8 Å². The number of ether oxygens (including phenoxy) is 1. The summed E-state index contributed by atoms with van der Waals surface area (Å²) in [5.74, 6) is -0.333. The molecule has 0 aromatic heterocycles. The van der Waals surface area contributed by atoms with E-state index in [1.165, 1.54) is 18.2 Å². The fourth-order valence-electron chi connectivity index (χ4n) is 1.52. The van der Waals surface area contributed by atoms with Crippen molar-refractivity contribution < 1.29 is 14.3 Å². The highest BCUT2D eigenvalue weighted by Gasteiger charge is 2.02. The molecule has 0 aliphatic carbocycles. The van der Waals surface area contributed by atoms with Crippen molar-refractivity contribution in [3.63, 3.8) is 0 Å². The predicted molar refractivity (Wildman–Crippen MR) is 72.9 cm³/mol. The van der Waals surface area contributed by atoms with Gasteiger partial charge in [0.25, 0.3) is 0 Å². The maximum Gasteiger partial charge on any atom is 0.314 e. The monoisotopic (exact) mass is 264 g/mol. The van der Waals surface area contributed by atoms with Crippen LogP contribution >= 0.6 is 0 Å². The number of methoxy groups -OCH3 is 1. The number of hydrogen-bond acceptors (Lipinski definition) is 3. The Morgan fingerprint density at radius 3 is 2.37 bits per heavy atom. The van der Waals surface area contributed by atoms with Crippen LogP contribution < -0.4 is 10.6 Å². The molecule has 19 heavy (non-hydrogen) atoms. The standard InChI is InChI=1S/C14H20N2O3/c1-11-3-5-12(6-4-11)7-9-15-14(18)16-10-8-13(17)19-2/h3-6H,7-10H2,1-2H3,(H2,15,16,18). The molecule has 0 saturated heterocycles. The third-order valence-electron chi connectivity index (χ3n) is 2.66. The molecule has 5 heteroatoms. The molecule has 2 amide bonds. The Morgan fingerprint density at radius 2 is 1.74 bits per heavy atom. The third kappa shape index (κ3) is 6.45. The lowest BCUT2D eigenvalue weighted by molar-refractivity contribution is -0.140. The van der Waals surface area contributed by atoms with Crippen LogP contribution in [0.5, 0.6) is 0 Å². The van der Waals surface area contributed by atoms with E-state index in [2.05, 4.69) is 15.4 Å². The molecule has 0 bridgehead atoms. The number of hydrogen-bond donors (Lipinski definition) is 2. The molecule has 1 aromatic rings. The summed E-state index contributed by atoms with van der Waals surface area (Å²) in [6.07, 6.45) is 0.965. The second kappa shape index (κ2) is 8.13. The molecule has 0 atom stereocenters. The number of amides is 2. The minimum absolute atomic E-state index is 0.182. The maximum absolute atomic E-state index is 11.4. The zero-order chi connectivity index (χ0) is 14.1. The molecular weight excluding hydrogens is 244 g/mol. The van der Waals surface area contributed by atoms with Gasteiger partial charge in [-0.3, -0.25) is 4.79 Å². The first-order valence-corrected chi connectivity index (χ1v) is 6.26.